The summed E-state index contributed by atoms with van der Waals surface area (Å²) in [5.74, 6) is -2.01. The molecule has 2 aromatic rings. The number of anilines is 1. The standard InChI is InChI=1S/C26H20F3NO2/c1-25(2)10-6-9-16-11-17-12-20-18(15-7-4-3-5-8-15)13-22(24(31)26(27,28)29)30(32)21(20)14-19(17)23(16)25/h3-14,22,32H,1-2H3. The van der Waals surface area contributed by atoms with Crippen LogP contribution in [0.2, 0.25) is 0 Å². The number of hydrogen-bond donors (Lipinski definition) is 1. The lowest BCUT2D eigenvalue weighted by molar-refractivity contribution is -0.172. The molecule has 1 atom stereocenters. The van der Waals surface area contributed by atoms with Crippen LogP contribution in [0.1, 0.15) is 25.0 Å². The van der Waals surface area contributed by atoms with Crippen molar-refractivity contribution in [3.8, 4) is 0 Å². The van der Waals surface area contributed by atoms with E-state index in [-0.39, 0.29) is 11.1 Å². The summed E-state index contributed by atoms with van der Waals surface area (Å²) in [6, 6.07) is 10.6. The van der Waals surface area contributed by atoms with E-state index in [1.165, 1.54) is 6.08 Å². The van der Waals surface area contributed by atoms with Crippen molar-refractivity contribution in [3.63, 3.8) is 0 Å². The zero-order chi connectivity index (χ0) is 22.8. The van der Waals surface area contributed by atoms with E-state index in [4.69, 9.17) is 0 Å². The molecule has 2 aromatic carbocycles. The second-order valence-corrected chi connectivity index (χ2v) is 8.78. The summed E-state index contributed by atoms with van der Waals surface area (Å²) in [6.45, 7) is 4.13. The van der Waals surface area contributed by atoms with Crippen molar-refractivity contribution in [1.29, 1.82) is 0 Å². The first kappa shape index (κ1) is 20.5. The average molecular weight is 435 g/mol. The minimum atomic E-state index is -5.08. The fraction of sp³-hybridized carbons (Fsp3) is 0.192. The fourth-order valence-electron chi connectivity index (χ4n) is 4.76. The molecule has 1 heterocycles. The van der Waals surface area contributed by atoms with Gasteiger partial charge in [0.15, 0.2) is 0 Å². The van der Waals surface area contributed by atoms with Gasteiger partial charge in [-0.3, -0.25) is 10.0 Å². The Morgan fingerprint density at radius 3 is 2.53 bits per heavy atom. The monoisotopic (exact) mass is 435 g/mol. The average Bonchev–Trinajstić information content (AvgIpc) is 3.11. The van der Waals surface area contributed by atoms with Gasteiger partial charge >= 0.3 is 6.18 Å². The molecule has 0 fully saturated rings. The summed E-state index contributed by atoms with van der Waals surface area (Å²) in [4.78, 5) is 12.2. The third kappa shape index (κ3) is 3.06. The van der Waals surface area contributed by atoms with Gasteiger partial charge in [-0.25, -0.2) is 5.06 Å². The zero-order valence-electron chi connectivity index (χ0n) is 17.4. The second-order valence-electron chi connectivity index (χ2n) is 8.78. The highest BCUT2D eigenvalue weighted by Gasteiger charge is 2.47. The third-order valence-corrected chi connectivity index (χ3v) is 6.23. The van der Waals surface area contributed by atoms with Crippen LogP contribution in [0.3, 0.4) is 0 Å². The van der Waals surface area contributed by atoms with Gasteiger partial charge in [0.2, 0.25) is 0 Å². The molecule has 2 aliphatic carbocycles. The molecule has 0 saturated carbocycles. The van der Waals surface area contributed by atoms with E-state index < -0.39 is 18.0 Å². The Balaban J connectivity index is 1.80. The number of nitrogens with zero attached hydrogens (tertiary/aromatic N) is 1. The quantitative estimate of drug-likeness (QED) is 0.765. The van der Waals surface area contributed by atoms with Crippen molar-refractivity contribution < 1.29 is 23.2 Å². The van der Waals surface area contributed by atoms with Gasteiger partial charge in [0.05, 0.1) is 5.69 Å². The molecule has 0 bridgehead atoms. The molecule has 3 nitrogen and oxygen atoms in total. The number of alkyl halides is 3. The van der Waals surface area contributed by atoms with Crippen LogP contribution in [-0.4, -0.2) is 23.2 Å². The van der Waals surface area contributed by atoms with Crippen LogP contribution in [0.5, 0.6) is 0 Å². The van der Waals surface area contributed by atoms with E-state index >= 15 is 0 Å². The Morgan fingerprint density at radius 1 is 1.12 bits per heavy atom. The minimum Gasteiger partial charge on any atom is -0.287 e. The Bertz CT molecular complexity index is 1360. The fourth-order valence-corrected chi connectivity index (χ4v) is 4.76. The number of rotatable bonds is 2. The molecular weight excluding hydrogens is 415 g/mol. The summed E-state index contributed by atoms with van der Waals surface area (Å²) in [7, 11) is 0. The maximum absolute atomic E-state index is 13.3. The number of hydroxylamine groups is 1. The predicted molar refractivity (Wildman–Crippen MR) is 117 cm³/mol. The van der Waals surface area contributed by atoms with Crippen molar-refractivity contribution in [2.75, 3.05) is 5.06 Å². The van der Waals surface area contributed by atoms with Crippen LogP contribution in [0.25, 0.3) is 17.2 Å². The van der Waals surface area contributed by atoms with Crippen molar-refractivity contribution in [2.45, 2.75) is 26.1 Å². The molecular formula is C26H20F3NO2. The summed E-state index contributed by atoms with van der Waals surface area (Å²) in [5.41, 5.74) is 3.70. The number of halogens is 3. The lowest BCUT2D eigenvalue weighted by atomic mass is 9.77. The van der Waals surface area contributed by atoms with E-state index in [9.17, 15) is 23.2 Å². The minimum absolute atomic E-state index is 0.181. The molecule has 0 spiro atoms. The number of hydrogen-bond acceptors (Lipinski definition) is 3. The Hall–Kier alpha value is -3.38. The Kier molecular flexibility index (Phi) is 4.37. The van der Waals surface area contributed by atoms with E-state index in [1.54, 1.807) is 30.3 Å². The summed E-state index contributed by atoms with van der Waals surface area (Å²) in [5, 5.41) is 13.0. The molecule has 32 heavy (non-hydrogen) atoms. The highest BCUT2D eigenvalue weighted by Crippen LogP contribution is 2.41. The van der Waals surface area contributed by atoms with Gasteiger partial charge in [0, 0.05) is 11.0 Å². The number of fused-ring (bicyclic) bond motifs is 3. The summed E-state index contributed by atoms with van der Waals surface area (Å²) in [6.07, 6.45) is 4.23. The first-order chi connectivity index (χ1) is 15.1. The van der Waals surface area contributed by atoms with Gasteiger partial charge < -0.3 is 0 Å². The lowest BCUT2D eigenvalue weighted by Gasteiger charge is -2.33. The lowest BCUT2D eigenvalue weighted by Crippen LogP contribution is -2.47. The van der Waals surface area contributed by atoms with Crippen LogP contribution in [-0.2, 0) is 4.79 Å². The predicted octanol–water partition coefficient (Wildman–Crippen LogP) is 4.29. The molecule has 3 aliphatic rings. The van der Waals surface area contributed by atoms with Crippen molar-refractivity contribution in [3.05, 3.63) is 93.9 Å². The van der Waals surface area contributed by atoms with Crippen molar-refractivity contribution >= 4 is 28.7 Å². The highest BCUT2D eigenvalue weighted by molar-refractivity contribution is 6.01. The van der Waals surface area contributed by atoms with E-state index in [1.807, 2.05) is 30.4 Å². The molecule has 6 heteroatoms. The van der Waals surface area contributed by atoms with E-state index in [2.05, 4.69) is 19.9 Å². The van der Waals surface area contributed by atoms with Gasteiger partial charge in [0.1, 0.15) is 6.04 Å². The molecule has 1 unspecified atom stereocenters. The van der Waals surface area contributed by atoms with Crippen LogP contribution >= 0.6 is 0 Å². The molecule has 0 radical (unpaired) electrons. The SMILES string of the molecule is CC1(C)C=CC=C2C=c3cc4c(cc3=C21)N(O)C(C(=O)C(F)(F)F)C=C4c1ccccc1. The summed E-state index contributed by atoms with van der Waals surface area (Å²) < 4.78 is 39.9. The molecule has 162 valence electrons. The smallest absolute Gasteiger partial charge is 0.287 e. The van der Waals surface area contributed by atoms with E-state index in [0.29, 0.717) is 21.8 Å². The maximum atomic E-state index is 13.3. The second kappa shape index (κ2) is 6.81. The normalized spacial score (nSPS) is 20.6. The molecule has 0 saturated heterocycles. The van der Waals surface area contributed by atoms with Gasteiger partial charge in [-0.1, -0.05) is 62.4 Å². The first-order valence-corrected chi connectivity index (χ1v) is 10.3. The van der Waals surface area contributed by atoms with Crippen molar-refractivity contribution in [2.24, 2.45) is 5.41 Å². The van der Waals surface area contributed by atoms with Crippen LogP contribution in [0.15, 0.2) is 72.3 Å². The number of benzene rings is 2. The molecule has 5 rings (SSSR count). The molecule has 1 aliphatic heterocycles. The Labute approximate surface area is 182 Å². The highest BCUT2D eigenvalue weighted by atomic mass is 19.4. The van der Waals surface area contributed by atoms with Crippen molar-refractivity contribution in [1.82, 2.24) is 0 Å². The third-order valence-electron chi connectivity index (χ3n) is 6.23. The zero-order valence-corrected chi connectivity index (χ0v) is 17.4. The number of carbonyl (C=O) groups is 1. The van der Waals surface area contributed by atoms with Crippen LogP contribution in [0, 0.1) is 5.41 Å². The number of allylic oxidation sites excluding steroid dienone is 4. The topological polar surface area (TPSA) is 40.5 Å². The van der Waals surface area contributed by atoms with Gasteiger partial charge in [0.25, 0.3) is 5.78 Å². The van der Waals surface area contributed by atoms with Gasteiger partial charge in [-0.2, -0.15) is 13.2 Å². The molecule has 0 amide bonds. The van der Waals surface area contributed by atoms with Gasteiger partial charge in [-0.15, -0.1) is 0 Å². The number of Topliss-reactive ketones (excluding diaryl/α,β-unsaturated/α-hetero) is 1. The largest absolute Gasteiger partial charge is 0.452 e. The summed E-state index contributed by atoms with van der Waals surface area (Å²) >= 11 is 0. The maximum Gasteiger partial charge on any atom is 0.452 e. The Morgan fingerprint density at radius 2 is 1.84 bits per heavy atom. The van der Waals surface area contributed by atoms with Gasteiger partial charge in [-0.05, 0) is 57.0 Å². The van der Waals surface area contributed by atoms with Crippen LogP contribution in [0.4, 0.5) is 18.9 Å². The number of ketones is 1. The molecule has 0 aromatic heterocycles. The first-order valence-electron chi connectivity index (χ1n) is 10.3. The molecule has 1 N–H and O–H groups in total. The van der Waals surface area contributed by atoms with E-state index in [0.717, 1.165) is 21.6 Å². The van der Waals surface area contributed by atoms with Crippen LogP contribution < -0.4 is 15.5 Å². The number of carbonyl (C=O) groups excluding carboxylic acids is 1.